The van der Waals surface area contributed by atoms with Crippen molar-refractivity contribution in [2.45, 2.75) is 71.6 Å². The summed E-state index contributed by atoms with van der Waals surface area (Å²) in [6.07, 6.45) is -0.498. The monoisotopic (exact) mass is 506 g/mol. The Labute approximate surface area is 209 Å². The minimum Gasteiger partial charge on any atom is -0.444 e. The van der Waals surface area contributed by atoms with E-state index in [1.807, 2.05) is 0 Å². The van der Waals surface area contributed by atoms with Gasteiger partial charge in [0.05, 0.1) is 39.6 Å². The van der Waals surface area contributed by atoms with Crippen LogP contribution in [0.4, 0.5) is 9.59 Å². The molecule has 0 aromatic carbocycles. The van der Waals surface area contributed by atoms with Crippen LogP contribution in [0.15, 0.2) is 0 Å². The molecule has 0 aliphatic heterocycles. The molecule has 206 valence electrons. The molecule has 0 aromatic rings. The second-order valence-corrected chi connectivity index (χ2v) is 9.69. The molecule has 0 heterocycles. The van der Waals surface area contributed by atoms with E-state index in [1.54, 1.807) is 41.5 Å². The highest BCUT2D eigenvalue weighted by molar-refractivity contribution is 5.85. The molecule has 0 unspecified atom stereocenters. The predicted molar refractivity (Wildman–Crippen MR) is 131 cm³/mol. The smallest absolute Gasteiger partial charge is 0.408 e. The summed E-state index contributed by atoms with van der Waals surface area (Å²) in [5.41, 5.74) is 4.02. The number of rotatable bonds is 17. The molecule has 0 spiro atoms. The lowest BCUT2D eigenvalue weighted by Crippen LogP contribution is -2.49. The van der Waals surface area contributed by atoms with Crippen molar-refractivity contribution >= 4 is 18.1 Å². The summed E-state index contributed by atoms with van der Waals surface area (Å²) in [7, 11) is 0. The highest BCUT2D eigenvalue weighted by Crippen LogP contribution is 2.08. The lowest BCUT2D eigenvalue weighted by molar-refractivity contribution is -0.123. The Balaban J connectivity index is 4.35. The molecule has 0 aliphatic rings. The Morgan fingerprint density at radius 2 is 1.23 bits per heavy atom. The minimum absolute atomic E-state index is 0.265. The Kier molecular flexibility index (Phi) is 17.0. The van der Waals surface area contributed by atoms with Gasteiger partial charge in [0.2, 0.25) is 5.91 Å². The molecule has 1 atom stereocenters. The van der Waals surface area contributed by atoms with Crippen LogP contribution < -0.4 is 21.7 Å². The van der Waals surface area contributed by atoms with E-state index in [0.717, 1.165) is 0 Å². The predicted octanol–water partition coefficient (Wildman–Crippen LogP) is 1.31. The molecule has 5 N–H and O–H groups in total. The molecule has 12 nitrogen and oxygen atoms in total. The molecular weight excluding hydrogens is 460 g/mol. The highest BCUT2D eigenvalue weighted by atomic mass is 16.6. The normalized spacial score (nSPS) is 12.5. The maximum absolute atomic E-state index is 12.6. The van der Waals surface area contributed by atoms with Crippen molar-refractivity contribution in [2.24, 2.45) is 5.73 Å². The molecular formula is C23H46N4O8. The van der Waals surface area contributed by atoms with Gasteiger partial charge in [0.1, 0.15) is 17.2 Å². The Morgan fingerprint density at radius 1 is 0.714 bits per heavy atom. The highest BCUT2D eigenvalue weighted by Gasteiger charge is 2.24. The number of hydrogen-bond donors (Lipinski definition) is 4. The number of nitrogens with one attached hydrogen (secondary N) is 3. The van der Waals surface area contributed by atoms with Gasteiger partial charge >= 0.3 is 12.2 Å². The summed E-state index contributed by atoms with van der Waals surface area (Å²) in [5.74, 6) is -0.370. The molecule has 0 radical (unpaired) electrons. The summed E-state index contributed by atoms with van der Waals surface area (Å²) in [6.45, 7) is 14.1. The van der Waals surface area contributed by atoms with E-state index in [0.29, 0.717) is 52.4 Å². The van der Waals surface area contributed by atoms with Gasteiger partial charge in [0, 0.05) is 19.6 Å². The average molecular weight is 507 g/mol. The van der Waals surface area contributed by atoms with Crippen LogP contribution in [-0.2, 0) is 28.5 Å². The van der Waals surface area contributed by atoms with Crippen molar-refractivity contribution in [1.82, 2.24) is 16.0 Å². The number of ether oxygens (including phenoxy) is 5. The van der Waals surface area contributed by atoms with Crippen LogP contribution in [0.5, 0.6) is 0 Å². The lowest BCUT2D eigenvalue weighted by atomic mass is 10.1. The van der Waals surface area contributed by atoms with Crippen molar-refractivity contribution in [3.63, 3.8) is 0 Å². The fourth-order valence-corrected chi connectivity index (χ4v) is 2.52. The SMILES string of the molecule is CC(C)(C)OC(=O)NCCC[C@H](NC(=O)OC(C)(C)C)C(=O)NCCOCCOCCOCCN. The van der Waals surface area contributed by atoms with Gasteiger partial charge in [-0.05, 0) is 54.4 Å². The quantitative estimate of drug-likeness (QED) is 0.213. The summed E-state index contributed by atoms with van der Waals surface area (Å²) in [4.78, 5) is 36.6. The molecule has 3 amide bonds. The zero-order valence-electron chi connectivity index (χ0n) is 22.2. The first kappa shape index (κ1) is 32.8. The summed E-state index contributed by atoms with van der Waals surface area (Å²) in [5, 5.41) is 7.96. The molecule has 0 saturated carbocycles. The third-order valence-electron chi connectivity index (χ3n) is 3.90. The van der Waals surface area contributed by atoms with Gasteiger partial charge in [-0.15, -0.1) is 0 Å². The van der Waals surface area contributed by atoms with Gasteiger partial charge in [-0.25, -0.2) is 9.59 Å². The third kappa shape index (κ3) is 22.1. The number of alkyl carbamates (subject to hydrolysis) is 2. The van der Waals surface area contributed by atoms with Crippen molar-refractivity contribution in [3.05, 3.63) is 0 Å². The first-order chi connectivity index (χ1) is 16.3. The van der Waals surface area contributed by atoms with Crippen LogP contribution in [0.25, 0.3) is 0 Å². The second kappa shape index (κ2) is 18.2. The lowest BCUT2D eigenvalue weighted by Gasteiger charge is -2.23. The summed E-state index contributed by atoms with van der Waals surface area (Å²) < 4.78 is 26.4. The molecule has 0 saturated heterocycles. The minimum atomic E-state index is -0.831. The standard InChI is InChI=1S/C23H46N4O8/c1-22(2,3)34-20(29)26-10-7-8-18(27-21(30)35-23(4,5)6)19(28)25-11-13-32-15-17-33-16-14-31-12-9-24/h18H,7-17,24H2,1-6H3,(H,25,28)(H,26,29)(H,27,30)/t18-/m0/s1. The van der Waals surface area contributed by atoms with Crippen LogP contribution in [0, 0.1) is 0 Å². The molecule has 0 aliphatic carbocycles. The molecule has 12 heteroatoms. The van der Waals surface area contributed by atoms with Gasteiger partial charge < -0.3 is 45.4 Å². The van der Waals surface area contributed by atoms with Crippen LogP contribution >= 0.6 is 0 Å². The van der Waals surface area contributed by atoms with E-state index < -0.39 is 29.4 Å². The van der Waals surface area contributed by atoms with E-state index in [1.165, 1.54) is 0 Å². The number of hydrogen-bond acceptors (Lipinski definition) is 9. The van der Waals surface area contributed by atoms with E-state index in [9.17, 15) is 14.4 Å². The zero-order chi connectivity index (χ0) is 26.7. The van der Waals surface area contributed by atoms with E-state index in [4.69, 9.17) is 29.4 Å². The van der Waals surface area contributed by atoms with Gasteiger partial charge in [0.25, 0.3) is 0 Å². The van der Waals surface area contributed by atoms with Gasteiger partial charge in [-0.3, -0.25) is 4.79 Å². The Hall–Kier alpha value is -2.15. The second-order valence-electron chi connectivity index (χ2n) is 9.69. The summed E-state index contributed by atoms with van der Waals surface area (Å²) in [6, 6.07) is -0.831. The third-order valence-corrected chi connectivity index (χ3v) is 3.90. The van der Waals surface area contributed by atoms with Crippen molar-refractivity contribution < 1.29 is 38.1 Å². The number of carbonyl (C=O) groups is 3. The average Bonchev–Trinajstić information content (AvgIpc) is 2.71. The number of nitrogens with two attached hydrogens (primary N) is 1. The molecule has 35 heavy (non-hydrogen) atoms. The van der Waals surface area contributed by atoms with Crippen molar-refractivity contribution in [3.8, 4) is 0 Å². The van der Waals surface area contributed by atoms with Crippen molar-refractivity contribution in [1.29, 1.82) is 0 Å². The van der Waals surface area contributed by atoms with Crippen LogP contribution in [0.1, 0.15) is 54.4 Å². The van der Waals surface area contributed by atoms with Crippen LogP contribution in [0.2, 0.25) is 0 Å². The van der Waals surface area contributed by atoms with Crippen LogP contribution in [-0.4, -0.2) is 94.6 Å². The van der Waals surface area contributed by atoms with Crippen molar-refractivity contribution in [2.75, 3.05) is 59.3 Å². The fourth-order valence-electron chi connectivity index (χ4n) is 2.52. The molecule has 0 bridgehead atoms. The number of carbonyl (C=O) groups excluding carboxylic acids is 3. The Morgan fingerprint density at radius 3 is 1.77 bits per heavy atom. The van der Waals surface area contributed by atoms with Gasteiger partial charge in [0.15, 0.2) is 0 Å². The maximum Gasteiger partial charge on any atom is 0.408 e. The van der Waals surface area contributed by atoms with E-state index in [2.05, 4.69) is 16.0 Å². The van der Waals surface area contributed by atoms with E-state index >= 15 is 0 Å². The van der Waals surface area contributed by atoms with E-state index in [-0.39, 0.29) is 25.6 Å². The first-order valence-corrected chi connectivity index (χ1v) is 12.0. The van der Waals surface area contributed by atoms with Gasteiger partial charge in [-0.2, -0.15) is 0 Å². The zero-order valence-corrected chi connectivity index (χ0v) is 22.2. The number of amides is 3. The first-order valence-electron chi connectivity index (χ1n) is 12.0. The van der Waals surface area contributed by atoms with Gasteiger partial charge in [-0.1, -0.05) is 0 Å². The largest absolute Gasteiger partial charge is 0.444 e. The topological polar surface area (TPSA) is 159 Å². The molecule has 0 fully saturated rings. The Bertz CT molecular complexity index is 605. The summed E-state index contributed by atoms with van der Waals surface area (Å²) >= 11 is 0. The van der Waals surface area contributed by atoms with Crippen LogP contribution in [0.3, 0.4) is 0 Å². The molecule has 0 rings (SSSR count). The fraction of sp³-hybridized carbons (Fsp3) is 0.870. The molecule has 0 aromatic heterocycles. The maximum atomic E-state index is 12.6.